The first-order valence-corrected chi connectivity index (χ1v) is 7.14. The van der Waals surface area contributed by atoms with Crippen molar-refractivity contribution < 1.29 is 0 Å². The fourth-order valence-corrected chi connectivity index (χ4v) is 3.29. The van der Waals surface area contributed by atoms with Gasteiger partial charge in [0.05, 0.1) is 0 Å². The third-order valence-corrected chi connectivity index (χ3v) is 4.23. The largest absolute Gasteiger partial charge is 0.365 e. The van der Waals surface area contributed by atoms with Gasteiger partial charge in [-0.05, 0) is 58.0 Å². The molecule has 2 nitrogen and oxygen atoms in total. The highest BCUT2D eigenvalue weighted by Gasteiger charge is 2.31. The molecule has 94 valence electrons. The van der Waals surface area contributed by atoms with E-state index in [0.29, 0.717) is 12.1 Å². The fraction of sp³-hybridized carbons (Fsp3) is 0.571. The molecule has 0 amide bonds. The van der Waals surface area contributed by atoms with Crippen LogP contribution in [-0.4, -0.2) is 25.7 Å². The summed E-state index contributed by atoms with van der Waals surface area (Å²) < 4.78 is 1.26. The zero-order valence-electron chi connectivity index (χ0n) is 10.8. The van der Waals surface area contributed by atoms with E-state index in [0.717, 1.165) is 13.0 Å². The summed E-state index contributed by atoms with van der Waals surface area (Å²) in [7, 11) is 2.03. The van der Waals surface area contributed by atoms with Crippen molar-refractivity contribution in [1.29, 1.82) is 0 Å². The van der Waals surface area contributed by atoms with Crippen molar-refractivity contribution in [2.45, 2.75) is 38.8 Å². The van der Waals surface area contributed by atoms with Gasteiger partial charge in [-0.15, -0.1) is 0 Å². The van der Waals surface area contributed by atoms with Crippen LogP contribution >= 0.6 is 15.9 Å². The zero-order chi connectivity index (χ0) is 12.4. The minimum absolute atomic E-state index is 0.562. The maximum atomic E-state index is 3.68. The molecule has 1 aliphatic rings. The Morgan fingerprint density at radius 3 is 2.88 bits per heavy atom. The van der Waals surface area contributed by atoms with E-state index in [-0.39, 0.29) is 0 Å². The van der Waals surface area contributed by atoms with Crippen LogP contribution in [0.15, 0.2) is 22.7 Å². The van der Waals surface area contributed by atoms with Gasteiger partial charge >= 0.3 is 0 Å². The quantitative estimate of drug-likeness (QED) is 0.918. The molecule has 0 saturated carbocycles. The molecule has 0 aliphatic carbocycles. The highest BCUT2D eigenvalue weighted by atomic mass is 79.9. The standard InChI is InChI=1S/C14H21BrN2/c1-10(2)17-11(7-8-16-3)9-12-13(15)5-4-6-14(12)17/h4-6,10-11,16H,7-9H2,1-3H3. The number of halogens is 1. The van der Waals surface area contributed by atoms with Gasteiger partial charge in [-0.3, -0.25) is 0 Å². The Labute approximate surface area is 113 Å². The average molecular weight is 297 g/mol. The van der Waals surface area contributed by atoms with E-state index in [2.05, 4.69) is 58.2 Å². The van der Waals surface area contributed by atoms with E-state index in [1.165, 1.54) is 22.1 Å². The van der Waals surface area contributed by atoms with Crippen LogP contribution < -0.4 is 10.2 Å². The highest BCUT2D eigenvalue weighted by molar-refractivity contribution is 9.10. The number of anilines is 1. The van der Waals surface area contributed by atoms with E-state index >= 15 is 0 Å². The Hall–Kier alpha value is -0.540. The number of nitrogens with one attached hydrogen (secondary N) is 1. The zero-order valence-corrected chi connectivity index (χ0v) is 12.4. The molecule has 1 aromatic rings. The third-order valence-electron chi connectivity index (χ3n) is 3.49. The third kappa shape index (κ3) is 2.50. The van der Waals surface area contributed by atoms with Gasteiger partial charge in [0.2, 0.25) is 0 Å². The van der Waals surface area contributed by atoms with Crippen LogP contribution in [0.5, 0.6) is 0 Å². The van der Waals surface area contributed by atoms with Crippen molar-refractivity contribution in [2.24, 2.45) is 0 Å². The second-order valence-electron chi connectivity index (χ2n) is 4.99. The molecule has 1 aliphatic heterocycles. The molecule has 17 heavy (non-hydrogen) atoms. The van der Waals surface area contributed by atoms with Crippen molar-refractivity contribution in [3.05, 3.63) is 28.2 Å². The van der Waals surface area contributed by atoms with E-state index in [1.807, 2.05) is 7.05 Å². The summed E-state index contributed by atoms with van der Waals surface area (Å²) in [6, 6.07) is 7.74. The Morgan fingerprint density at radius 1 is 1.47 bits per heavy atom. The fourth-order valence-electron chi connectivity index (χ4n) is 2.77. The number of benzene rings is 1. The first-order valence-electron chi connectivity index (χ1n) is 6.35. The van der Waals surface area contributed by atoms with Crippen molar-refractivity contribution in [3.8, 4) is 0 Å². The molecule has 2 rings (SSSR count). The number of fused-ring (bicyclic) bond motifs is 1. The lowest BCUT2D eigenvalue weighted by molar-refractivity contribution is 0.524. The van der Waals surface area contributed by atoms with E-state index in [1.54, 1.807) is 0 Å². The van der Waals surface area contributed by atoms with Crippen molar-refractivity contribution in [1.82, 2.24) is 5.32 Å². The lowest BCUT2D eigenvalue weighted by atomic mass is 10.1. The van der Waals surface area contributed by atoms with Crippen molar-refractivity contribution in [3.63, 3.8) is 0 Å². The first-order chi connectivity index (χ1) is 8.15. The molecular formula is C14H21BrN2. The molecular weight excluding hydrogens is 276 g/mol. The first kappa shape index (κ1) is 12.9. The summed E-state index contributed by atoms with van der Waals surface area (Å²) in [4.78, 5) is 2.57. The van der Waals surface area contributed by atoms with Gasteiger partial charge in [-0.2, -0.15) is 0 Å². The molecule has 0 aromatic heterocycles. The highest BCUT2D eigenvalue weighted by Crippen LogP contribution is 2.38. The van der Waals surface area contributed by atoms with E-state index < -0.39 is 0 Å². The monoisotopic (exact) mass is 296 g/mol. The second-order valence-corrected chi connectivity index (χ2v) is 5.84. The van der Waals surface area contributed by atoms with Crippen LogP contribution in [0.1, 0.15) is 25.8 Å². The van der Waals surface area contributed by atoms with Crippen LogP contribution in [0.4, 0.5) is 5.69 Å². The maximum absolute atomic E-state index is 3.68. The molecule has 0 bridgehead atoms. The molecule has 1 atom stereocenters. The van der Waals surface area contributed by atoms with Crippen molar-refractivity contribution >= 4 is 21.6 Å². The van der Waals surface area contributed by atoms with Crippen LogP contribution in [0.3, 0.4) is 0 Å². The average Bonchev–Trinajstić information content (AvgIpc) is 2.66. The maximum Gasteiger partial charge on any atom is 0.0415 e. The molecule has 0 spiro atoms. The molecule has 1 heterocycles. The van der Waals surface area contributed by atoms with E-state index in [4.69, 9.17) is 0 Å². The molecule has 3 heteroatoms. The lowest BCUT2D eigenvalue weighted by Crippen LogP contribution is -2.39. The summed E-state index contributed by atoms with van der Waals surface area (Å²) in [5, 5.41) is 3.26. The minimum Gasteiger partial charge on any atom is -0.365 e. The van der Waals surface area contributed by atoms with Crippen molar-refractivity contribution in [2.75, 3.05) is 18.5 Å². The van der Waals surface area contributed by atoms with Crippen LogP contribution in [0.25, 0.3) is 0 Å². The number of hydrogen-bond donors (Lipinski definition) is 1. The molecule has 1 aromatic carbocycles. The predicted molar refractivity (Wildman–Crippen MR) is 77.8 cm³/mol. The summed E-state index contributed by atoms with van der Waals surface area (Å²) in [6.45, 7) is 5.64. The predicted octanol–water partition coefficient (Wildman–Crippen LogP) is 3.20. The summed E-state index contributed by atoms with van der Waals surface area (Å²) in [5.41, 5.74) is 2.89. The van der Waals surface area contributed by atoms with Crippen LogP contribution in [-0.2, 0) is 6.42 Å². The number of hydrogen-bond acceptors (Lipinski definition) is 2. The van der Waals surface area contributed by atoms with Crippen LogP contribution in [0, 0.1) is 0 Å². The van der Waals surface area contributed by atoms with E-state index in [9.17, 15) is 0 Å². The van der Waals surface area contributed by atoms with Gasteiger partial charge in [0.15, 0.2) is 0 Å². The second kappa shape index (κ2) is 5.40. The van der Waals surface area contributed by atoms with Gasteiger partial charge in [0.1, 0.15) is 0 Å². The van der Waals surface area contributed by atoms with Gasteiger partial charge in [-0.25, -0.2) is 0 Å². The van der Waals surface area contributed by atoms with Gasteiger partial charge < -0.3 is 10.2 Å². The molecule has 1 N–H and O–H groups in total. The molecule has 0 radical (unpaired) electrons. The topological polar surface area (TPSA) is 15.3 Å². The normalized spacial score (nSPS) is 18.9. The molecule has 0 fully saturated rings. The molecule has 0 saturated heterocycles. The lowest BCUT2D eigenvalue weighted by Gasteiger charge is -2.31. The van der Waals surface area contributed by atoms with Gasteiger partial charge in [0.25, 0.3) is 0 Å². The Kier molecular flexibility index (Phi) is 4.10. The Balaban J connectivity index is 2.28. The number of nitrogens with zero attached hydrogens (tertiary/aromatic N) is 1. The summed E-state index contributed by atoms with van der Waals surface area (Å²) in [6.07, 6.45) is 2.37. The smallest absolute Gasteiger partial charge is 0.0415 e. The number of rotatable bonds is 4. The van der Waals surface area contributed by atoms with Gasteiger partial charge in [-0.1, -0.05) is 22.0 Å². The molecule has 1 unspecified atom stereocenters. The van der Waals surface area contributed by atoms with Crippen LogP contribution in [0.2, 0.25) is 0 Å². The summed E-state index contributed by atoms with van der Waals surface area (Å²) in [5.74, 6) is 0. The Bertz CT molecular complexity index is 390. The SMILES string of the molecule is CNCCC1Cc2c(Br)cccc2N1C(C)C. The summed E-state index contributed by atoms with van der Waals surface area (Å²) >= 11 is 3.68. The van der Waals surface area contributed by atoms with Gasteiger partial charge in [0, 0.05) is 22.2 Å². The Morgan fingerprint density at radius 2 is 2.24 bits per heavy atom. The minimum atomic E-state index is 0.562.